The number of nitrogens with two attached hydrogens (primary N) is 1. The second-order valence-electron chi connectivity index (χ2n) is 4.53. The van der Waals surface area contributed by atoms with Gasteiger partial charge < -0.3 is 10.4 Å². The van der Waals surface area contributed by atoms with Gasteiger partial charge in [0.1, 0.15) is 0 Å². The summed E-state index contributed by atoms with van der Waals surface area (Å²) >= 11 is 0. The Bertz CT molecular complexity index is 612. The zero-order valence-corrected chi connectivity index (χ0v) is 11.7. The molecule has 1 aromatic carbocycles. The Morgan fingerprint density at radius 3 is 2.55 bits per heavy atom. The summed E-state index contributed by atoms with van der Waals surface area (Å²) in [5, 5.41) is 16.1. The van der Waals surface area contributed by atoms with Gasteiger partial charge in [-0.2, -0.15) is 0 Å². The first-order chi connectivity index (χ1) is 9.18. The van der Waals surface area contributed by atoms with Crippen LogP contribution >= 0.6 is 0 Å². The number of carbonyl (C=O) groups is 2. The van der Waals surface area contributed by atoms with E-state index in [1.165, 1.54) is 24.3 Å². The van der Waals surface area contributed by atoms with E-state index in [0.717, 1.165) is 0 Å². The molecule has 0 fully saturated rings. The molecule has 1 unspecified atom stereocenters. The molecule has 0 aliphatic rings. The molecule has 0 saturated heterocycles. The third kappa shape index (κ3) is 5.37. The average Bonchev–Trinajstić information content (AvgIpc) is 2.26. The summed E-state index contributed by atoms with van der Waals surface area (Å²) in [6.45, 7) is 1.65. The van der Waals surface area contributed by atoms with Crippen molar-refractivity contribution in [3.05, 3.63) is 24.3 Å². The predicted molar refractivity (Wildman–Crippen MR) is 72.5 cm³/mol. The monoisotopic (exact) mass is 300 g/mol. The van der Waals surface area contributed by atoms with Crippen LogP contribution in [-0.4, -0.2) is 25.4 Å². The van der Waals surface area contributed by atoms with E-state index in [1.54, 1.807) is 6.92 Å². The van der Waals surface area contributed by atoms with Crippen LogP contribution < -0.4 is 10.5 Å². The molecule has 0 heterocycles. The van der Waals surface area contributed by atoms with Crippen molar-refractivity contribution < 1.29 is 23.1 Å². The number of nitrogens with one attached hydrogen (secondary N) is 1. The Morgan fingerprint density at radius 2 is 2.00 bits per heavy atom. The second-order valence-corrected chi connectivity index (χ2v) is 6.09. The number of sulfonamides is 1. The predicted octanol–water partition coefficient (Wildman–Crippen LogP) is 0.773. The summed E-state index contributed by atoms with van der Waals surface area (Å²) < 4.78 is 22.3. The van der Waals surface area contributed by atoms with Gasteiger partial charge in [-0.1, -0.05) is 13.0 Å². The van der Waals surface area contributed by atoms with Gasteiger partial charge in [0.25, 0.3) is 0 Å². The van der Waals surface area contributed by atoms with E-state index in [1.807, 2.05) is 0 Å². The van der Waals surface area contributed by atoms with Gasteiger partial charge in [-0.05, 0) is 24.1 Å². The third-order valence-electron chi connectivity index (χ3n) is 2.50. The van der Waals surface area contributed by atoms with E-state index >= 15 is 0 Å². The van der Waals surface area contributed by atoms with Gasteiger partial charge in [0.05, 0.1) is 4.90 Å². The molecular weight excluding hydrogens is 284 g/mol. The Hall–Kier alpha value is -1.93. The van der Waals surface area contributed by atoms with E-state index in [0.29, 0.717) is 5.69 Å². The molecule has 8 heteroatoms. The minimum atomic E-state index is -3.83. The Labute approximate surface area is 116 Å². The van der Waals surface area contributed by atoms with Gasteiger partial charge in [-0.3, -0.25) is 9.59 Å². The minimum Gasteiger partial charge on any atom is -0.481 e. The molecule has 0 radical (unpaired) electrons. The molecule has 0 bridgehead atoms. The maximum absolute atomic E-state index is 11.7. The van der Waals surface area contributed by atoms with E-state index in [-0.39, 0.29) is 29.6 Å². The summed E-state index contributed by atoms with van der Waals surface area (Å²) in [6.07, 6.45) is -0.0729. The number of aliphatic carboxylic acids is 1. The number of amides is 1. The van der Waals surface area contributed by atoms with Crippen molar-refractivity contribution in [2.45, 2.75) is 24.7 Å². The summed E-state index contributed by atoms with van der Waals surface area (Å²) in [5.74, 6) is -1.67. The topological polar surface area (TPSA) is 127 Å². The first-order valence-electron chi connectivity index (χ1n) is 5.83. The van der Waals surface area contributed by atoms with Crippen molar-refractivity contribution in [3.63, 3.8) is 0 Å². The highest BCUT2D eigenvalue weighted by Gasteiger charge is 2.14. The fraction of sp³-hybridized carbons (Fsp3) is 0.333. The first kappa shape index (κ1) is 16.1. The van der Waals surface area contributed by atoms with Crippen LogP contribution in [0.5, 0.6) is 0 Å². The molecule has 20 heavy (non-hydrogen) atoms. The van der Waals surface area contributed by atoms with Gasteiger partial charge in [0.15, 0.2) is 0 Å². The van der Waals surface area contributed by atoms with Crippen LogP contribution in [0.4, 0.5) is 5.69 Å². The van der Waals surface area contributed by atoms with Crippen molar-refractivity contribution in [3.8, 4) is 0 Å². The molecule has 0 aliphatic heterocycles. The lowest BCUT2D eigenvalue weighted by atomic mass is 10.0. The van der Waals surface area contributed by atoms with Crippen LogP contribution in [-0.2, 0) is 19.6 Å². The zero-order chi connectivity index (χ0) is 15.3. The van der Waals surface area contributed by atoms with Gasteiger partial charge >= 0.3 is 5.97 Å². The number of primary sulfonamides is 1. The molecule has 7 nitrogen and oxygen atoms in total. The molecule has 4 N–H and O–H groups in total. The van der Waals surface area contributed by atoms with Gasteiger partial charge in [-0.15, -0.1) is 0 Å². The molecule has 1 atom stereocenters. The summed E-state index contributed by atoms with van der Waals surface area (Å²) in [6, 6.07) is 5.54. The molecule has 110 valence electrons. The fourth-order valence-electron chi connectivity index (χ4n) is 1.65. The smallest absolute Gasteiger partial charge is 0.303 e. The lowest BCUT2D eigenvalue weighted by molar-refractivity contribution is -0.138. The van der Waals surface area contributed by atoms with Crippen molar-refractivity contribution in [1.29, 1.82) is 0 Å². The number of carboxylic acids is 1. The van der Waals surface area contributed by atoms with Crippen molar-refractivity contribution in [1.82, 2.24) is 0 Å². The molecule has 1 aromatic rings. The largest absolute Gasteiger partial charge is 0.481 e. The van der Waals surface area contributed by atoms with E-state index in [9.17, 15) is 18.0 Å². The summed E-state index contributed by atoms with van der Waals surface area (Å²) in [4.78, 5) is 22.1. The third-order valence-corrected chi connectivity index (χ3v) is 3.41. The highest BCUT2D eigenvalue weighted by atomic mass is 32.2. The van der Waals surface area contributed by atoms with Crippen molar-refractivity contribution >= 4 is 27.6 Å². The SMILES string of the molecule is CC(CC(=O)O)CC(=O)Nc1cccc(S(N)(=O)=O)c1. The van der Waals surface area contributed by atoms with E-state index < -0.39 is 16.0 Å². The molecular formula is C12H16N2O5S. The van der Waals surface area contributed by atoms with E-state index in [2.05, 4.69) is 5.32 Å². The standard InChI is InChI=1S/C12H16N2O5S/c1-8(6-12(16)17)5-11(15)14-9-3-2-4-10(7-9)20(13,18)19/h2-4,7-8H,5-6H2,1H3,(H,14,15)(H,16,17)(H2,13,18,19). The van der Waals surface area contributed by atoms with Crippen LogP contribution in [0, 0.1) is 5.92 Å². The first-order valence-corrected chi connectivity index (χ1v) is 7.37. The van der Waals surface area contributed by atoms with Crippen molar-refractivity contribution in [2.24, 2.45) is 11.1 Å². The molecule has 0 aromatic heterocycles. The minimum absolute atomic E-state index is 0.0336. The quantitative estimate of drug-likeness (QED) is 0.715. The number of hydrogen-bond donors (Lipinski definition) is 3. The molecule has 1 rings (SSSR count). The van der Waals surface area contributed by atoms with Crippen molar-refractivity contribution in [2.75, 3.05) is 5.32 Å². The number of rotatable bonds is 6. The van der Waals surface area contributed by atoms with Crippen LogP contribution in [0.15, 0.2) is 29.2 Å². The fourth-order valence-corrected chi connectivity index (χ4v) is 2.21. The van der Waals surface area contributed by atoms with Gasteiger partial charge in [0.2, 0.25) is 15.9 Å². The number of carbonyl (C=O) groups excluding carboxylic acids is 1. The Kier molecular flexibility index (Phi) is 5.23. The molecule has 0 saturated carbocycles. The number of hydrogen-bond acceptors (Lipinski definition) is 4. The maximum atomic E-state index is 11.7. The van der Waals surface area contributed by atoms with Crippen LogP contribution in [0.25, 0.3) is 0 Å². The average molecular weight is 300 g/mol. The highest BCUT2D eigenvalue weighted by Crippen LogP contribution is 2.15. The molecule has 0 aliphatic carbocycles. The summed E-state index contributed by atoms with van der Waals surface area (Å²) in [7, 11) is -3.83. The van der Waals surface area contributed by atoms with Crippen LogP contribution in [0.2, 0.25) is 0 Å². The van der Waals surface area contributed by atoms with Gasteiger partial charge in [0, 0.05) is 18.5 Å². The van der Waals surface area contributed by atoms with Crippen LogP contribution in [0.1, 0.15) is 19.8 Å². The normalized spacial score (nSPS) is 12.7. The lowest BCUT2D eigenvalue weighted by Gasteiger charge is -2.10. The van der Waals surface area contributed by atoms with E-state index in [4.69, 9.17) is 10.2 Å². The Balaban J connectivity index is 2.69. The number of carboxylic acid groups (broad SMARTS) is 1. The number of benzene rings is 1. The lowest BCUT2D eigenvalue weighted by Crippen LogP contribution is -2.17. The Morgan fingerprint density at radius 1 is 1.35 bits per heavy atom. The zero-order valence-electron chi connectivity index (χ0n) is 10.9. The molecule has 0 spiro atoms. The van der Waals surface area contributed by atoms with Crippen LogP contribution in [0.3, 0.4) is 0 Å². The maximum Gasteiger partial charge on any atom is 0.303 e. The van der Waals surface area contributed by atoms with Gasteiger partial charge in [-0.25, -0.2) is 13.6 Å². The summed E-state index contributed by atoms with van der Waals surface area (Å²) in [5.41, 5.74) is 0.295. The molecule has 1 amide bonds. The number of anilines is 1. The second kappa shape index (κ2) is 6.49. The highest BCUT2D eigenvalue weighted by molar-refractivity contribution is 7.89.